The van der Waals surface area contributed by atoms with E-state index in [0.717, 1.165) is 17.9 Å². The van der Waals surface area contributed by atoms with Crippen molar-refractivity contribution in [1.82, 2.24) is 25.3 Å². The lowest BCUT2D eigenvalue weighted by Gasteiger charge is -1.99. The maximum absolute atomic E-state index is 4.92. The Hall–Kier alpha value is -1.53. The highest BCUT2D eigenvalue weighted by Gasteiger charge is 2.01. The van der Waals surface area contributed by atoms with Crippen molar-refractivity contribution in [1.29, 1.82) is 0 Å². The molecule has 0 atom stereocenters. The fourth-order valence-electron chi connectivity index (χ4n) is 1.28. The van der Waals surface area contributed by atoms with Crippen LogP contribution in [0.5, 0.6) is 0 Å². The molecule has 0 saturated carbocycles. The van der Waals surface area contributed by atoms with E-state index in [2.05, 4.69) is 25.3 Å². The molecule has 0 aliphatic rings. The molecule has 2 rings (SSSR count). The van der Waals surface area contributed by atoms with Gasteiger partial charge >= 0.3 is 0 Å². The summed E-state index contributed by atoms with van der Waals surface area (Å²) in [5.74, 6) is 0.863. The van der Waals surface area contributed by atoms with Crippen molar-refractivity contribution in [3.05, 3.63) is 18.3 Å². The molecule has 6 heteroatoms. The molecule has 0 unspecified atom stereocenters. The molecular formula is C9H13N5O. The molecule has 6 nitrogen and oxygen atoms in total. The average Bonchev–Trinajstić information content (AvgIpc) is 2.67. The third kappa shape index (κ3) is 2.48. The number of fused-ring (bicyclic) bond motifs is 1. The molecule has 0 saturated heterocycles. The molecule has 0 spiro atoms. The quantitative estimate of drug-likeness (QED) is 0.679. The summed E-state index contributed by atoms with van der Waals surface area (Å²) >= 11 is 0. The van der Waals surface area contributed by atoms with Crippen LogP contribution >= 0.6 is 0 Å². The predicted octanol–water partition coefficient (Wildman–Crippen LogP) is 0.0889. The van der Waals surface area contributed by atoms with Crippen molar-refractivity contribution >= 4 is 11.2 Å². The van der Waals surface area contributed by atoms with Crippen LogP contribution in [-0.2, 0) is 11.3 Å². The standard InChI is InChI=1S/C9H13N5O/c1-15-3-2-10-5-8-13-7-4-11-6-12-9(7)14-8/h4,6,10H,2-3,5H2,1H3,(H,11,12,13,14). The van der Waals surface area contributed by atoms with E-state index >= 15 is 0 Å². The van der Waals surface area contributed by atoms with Crippen molar-refractivity contribution in [2.75, 3.05) is 20.3 Å². The third-order valence-electron chi connectivity index (χ3n) is 1.99. The number of aromatic amines is 1. The van der Waals surface area contributed by atoms with Crippen LogP contribution in [0.4, 0.5) is 0 Å². The van der Waals surface area contributed by atoms with E-state index in [0.29, 0.717) is 18.8 Å². The molecular weight excluding hydrogens is 194 g/mol. The van der Waals surface area contributed by atoms with Gasteiger partial charge in [-0.25, -0.2) is 15.0 Å². The van der Waals surface area contributed by atoms with Crippen LogP contribution in [0, 0.1) is 0 Å². The van der Waals surface area contributed by atoms with Gasteiger partial charge in [0.1, 0.15) is 17.7 Å². The van der Waals surface area contributed by atoms with E-state index in [-0.39, 0.29) is 0 Å². The second-order valence-corrected chi connectivity index (χ2v) is 3.11. The highest BCUT2D eigenvalue weighted by Crippen LogP contribution is 2.04. The second-order valence-electron chi connectivity index (χ2n) is 3.11. The van der Waals surface area contributed by atoms with E-state index in [9.17, 15) is 0 Å². The summed E-state index contributed by atoms with van der Waals surface area (Å²) in [6.07, 6.45) is 3.21. The number of methoxy groups -OCH3 is 1. The van der Waals surface area contributed by atoms with Gasteiger partial charge in [-0.3, -0.25) is 0 Å². The molecule has 2 aromatic heterocycles. The van der Waals surface area contributed by atoms with Gasteiger partial charge in [0.25, 0.3) is 0 Å². The zero-order chi connectivity index (χ0) is 10.5. The van der Waals surface area contributed by atoms with Crippen molar-refractivity contribution < 1.29 is 4.74 Å². The van der Waals surface area contributed by atoms with E-state index in [1.165, 1.54) is 6.33 Å². The number of rotatable bonds is 5. The maximum atomic E-state index is 4.92. The van der Waals surface area contributed by atoms with E-state index in [4.69, 9.17) is 4.74 Å². The Bertz CT molecular complexity index is 394. The van der Waals surface area contributed by atoms with Gasteiger partial charge in [0.05, 0.1) is 19.3 Å². The Kier molecular flexibility index (Phi) is 3.21. The molecule has 0 aromatic carbocycles. The number of ether oxygens (including phenoxy) is 1. The molecule has 2 aromatic rings. The van der Waals surface area contributed by atoms with Crippen molar-refractivity contribution in [2.24, 2.45) is 0 Å². The van der Waals surface area contributed by atoms with Gasteiger partial charge in [-0.15, -0.1) is 0 Å². The zero-order valence-corrected chi connectivity index (χ0v) is 8.53. The average molecular weight is 207 g/mol. The number of H-pyrrole nitrogens is 1. The Morgan fingerprint density at radius 2 is 2.47 bits per heavy atom. The SMILES string of the molecule is COCCNCc1nc2ncncc2[nH]1. The molecule has 80 valence electrons. The van der Waals surface area contributed by atoms with Gasteiger partial charge in [0, 0.05) is 13.7 Å². The third-order valence-corrected chi connectivity index (χ3v) is 1.99. The van der Waals surface area contributed by atoms with Gasteiger partial charge in [0.15, 0.2) is 5.65 Å². The highest BCUT2D eigenvalue weighted by molar-refractivity contribution is 5.68. The summed E-state index contributed by atoms with van der Waals surface area (Å²) in [6.45, 7) is 2.18. The molecule has 0 bridgehead atoms. The highest BCUT2D eigenvalue weighted by atomic mass is 16.5. The Morgan fingerprint density at radius 1 is 1.53 bits per heavy atom. The summed E-state index contributed by atoms with van der Waals surface area (Å²) in [5, 5.41) is 3.20. The van der Waals surface area contributed by atoms with Gasteiger partial charge in [0.2, 0.25) is 0 Å². The normalized spacial score (nSPS) is 11.0. The molecule has 2 N–H and O–H groups in total. The first-order valence-electron chi connectivity index (χ1n) is 4.74. The Labute approximate surface area is 87.1 Å². The Balaban J connectivity index is 1.97. The monoisotopic (exact) mass is 207 g/mol. The largest absolute Gasteiger partial charge is 0.383 e. The first kappa shape index (κ1) is 10.0. The van der Waals surface area contributed by atoms with Crippen molar-refractivity contribution in [2.45, 2.75) is 6.54 Å². The predicted molar refractivity (Wildman–Crippen MR) is 55.3 cm³/mol. The van der Waals surface area contributed by atoms with Gasteiger partial charge in [-0.05, 0) is 0 Å². The maximum Gasteiger partial charge on any atom is 0.180 e. The van der Waals surface area contributed by atoms with Crippen molar-refractivity contribution in [3.63, 3.8) is 0 Å². The van der Waals surface area contributed by atoms with Crippen LogP contribution in [0.2, 0.25) is 0 Å². The number of imidazole rings is 1. The zero-order valence-electron chi connectivity index (χ0n) is 8.53. The fourth-order valence-corrected chi connectivity index (χ4v) is 1.28. The molecule has 15 heavy (non-hydrogen) atoms. The first-order chi connectivity index (χ1) is 7.40. The molecule has 0 radical (unpaired) electrons. The summed E-state index contributed by atoms with van der Waals surface area (Å²) in [6, 6.07) is 0. The fraction of sp³-hybridized carbons (Fsp3) is 0.444. The summed E-state index contributed by atoms with van der Waals surface area (Å²) in [7, 11) is 1.68. The Morgan fingerprint density at radius 3 is 3.27 bits per heavy atom. The van der Waals surface area contributed by atoms with Crippen molar-refractivity contribution in [3.8, 4) is 0 Å². The van der Waals surface area contributed by atoms with E-state index in [1.54, 1.807) is 13.3 Å². The molecule has 0 aliphatic carbocycles. The number of nitrogens with one attached hydrogen (secondary N) is 2. The first-order valence-corrected chi connectivity index (χ1v) is 4.74. The van der Waals surface area contributed by atoms with Gasteiger partial charge < -0.3 is 15.0 Å². The van der Waals surface area contributed by atoms with Gasteiger partial charge in [-0.2, -0.15) is 0 Å². The lowest BCUT2D eigenvalue weighted by molar-refractivity contribution is 0.199. The van der Waals surface area contributed by atoms with Crippen LogP contribution in [0.25, 0.3) is 11.2 Å². The minimum Gasteiger partial charge on any atom is -0.383 e. The topological polar surface area (TPSA) is 75.7 Å². The smallest absolute Gasteiger partial charge is 0.180 e. The molecule has 0 aliphatic heterocycles. The van der Waals surface area contributed by atoms with E-state index in [1.807, 2.05) is 0 Å². The summed E-state index contributed by atoms with van der Waals surface area (Å²) in [4.78, 5) is 15.4. The lowest BCUT2D eigenvalue weighted by Crippen LogP contribution is -2.19. The van der Waals surface area contributed by atoms with Crippen LogP contribution in [0.1, 0.15) is 5.82 Å². The van der Waals surface area contributed by atoms with Crippen LogP contribution in [0.3, 0.4) is 0 Å². The van der Waals surface area contributed by atoms with Crippen LogP contribution in [-0.4, -0.2) is 40.2 Å². The second kappa shape index (κ2) is 4.81. The number of hydrogen-bond donors (Lipinski definition) is 2. The van der Waals surface area contributed by atoms with Crippen LogP contribution < -0.4 is 5.32 Å². The van der Waals surface area contributed by atoms with E-state index < -0.39 is 0 Å². The minimum atomic E-state index is 0.680. The summed E-state index contributed by atoms with van der Waals surface area (Å²) in [5.41, 5.74) is 1.56. The number of nitrogens with zero attached hydrogens (tertiary/aromatic N) is 3. The summed E-state index contributed by atoms with van der Waals surface area (Å²) < 4.78 is 4.92. The molecule has 0 fully saturated rings. The lowest BCUT2D eigenvalue weighted by atomic mass is 10.5. The van der Waals surface area contributed by atoms with Crippen LogP contribution in [0.15, 0.2) is 12.5 Å². The molecule has 2 heterocycles. The minimum absolute atomic E-state index is 0.680. The number of hydrogen-bond acceptors (Lipinski definition) is 5. The number of aromatic nitrogens is 4. The van der Waals surface area contributed by atoms with Gasteiger partial charge in [-0.1, -0.05) is 0 Å². The molecule has 0 amide bonds.